The molecule has 0 fully saturated rings. The molecule has 27 heavy (non-hydrogen) atoms. The highest BCUT2D eigenvalue weighted by Crippen LogP contribution is 2.15. The Morgan fingerprint density at radius 2 is 0.630 bits per heavy atom. The molecule has 2 atom stereocenters. The Morgan fingerprint density at radius 1 is 0.370 bits per heavy atom. The third-order valence-electron chi connectivity index (χ3n) is 6.02. The van der Waals surface area contributed by atoms with Gasteiger partial charge in [-0.05, 0) is 25.7 Å². The lowest BCUT2D eigenvalue weighted by Gasteiger charge is -2.15. The molecule has 0 rings (SSSR count). The Bertz CT molecular complexity index is 267. The van der Waals surface area contributed by atoms with Gasteiger partial charge in [-0.3, -0.25) is 0 Å². The summed E-state index contributed by atoms with van der Waals surface area (Å²) >= 11 is 0. The summed E-state index contributed by atoms with van der Waals surface area (Å²) in [6, 6.07) is 0.749. The maximum atomic E-state index is 6.30. The van der Waals surface area contributed by atoms with Gasteiger partial charge in [0.2, 0.25) is 0 Å². The minimum absolute atomic E-state index is 0.374. The van der Waals surface area contributed by atoms with Gasteiger partial charge in [-0.25, -0.2) is 0 Å². The summed E-state index contributed by atoms with van der Waals surface area (Å²) in [6.07, 6.45) is 28.3. The topological polar surface area (TPSA) is 52.0 Å². The van der Waals surface area contributed by atoms with E-state index in [4.69, 9.17) is 11.5 Å². The van der Waals surface area contributed by atoms with Gasteiger partial charge in [0, 0.05) is 12.1 Å². The quantitative estimate of drug-likeness (QED) is 0.187. The molecule has 164 valence electrons. The van der Waals surface area contributed by atoms with Gasteiger partial charge in [-0.15, -0.1) is 0 Å². The van der Waals surface area contributed by atoms with Crippen molar-refractivity contribution in [2.24, 2.45) is 11.5 Å². The van der Waals surface area contributed by atoms with E-state index in [2.05, 4.69) is 13.8 Å². The molecule has 2 unspecified atom stereocenters. The number of unbranched alkanes of at least 4 members (excludes halogenated alkanes) is 15. The van der Waals surface area contributed by atoms with E-state index in [1.165, 1.54) is 122 Å². The van der Waals surface area contributed by atoms with Crippen molar-refractivity contribution in [3.63, 3.8) is 0 Å². The third kappa shape index (κ3) is 22.1. The molecule has 2 nitrogen and oxygen atoms in total. The van der Waals surface area contributed by atoms with Crippen LogP contribution in [0.15, 0.2) is 0 Å². The molecule has 0 aromatic rings. The maximum Gasteiger partial charge on any atom is 0.00394 e. The minimum atomic E-state index is 0.374. The lowest BCUT2D eigenvalue weighted by atomic mass is 9.98. The summed E-state index contributed by atoms with van der Waals surface area (Å²) in [7, 11) is 0. The van der Waals surface area contributed by atoms with Gasteiger partial charge >= 0.3 is 0 Å². The van der Waals surface area contributed by atoms with E-state index in [0.29, 0.717) is 12.1 Å². The zero-order valence-electron chi connectivity index (χ0n) is 19.2. The Labute approximate surface area is 172 Å². The molecule has 0 aliphatic heterocycles. The van der Waals surface area contributed by atoms with Gasteiger partial charge < -0.3 is 11.5 Å². The normalized spacial score (nSPS) is 13.8. The molecule has 0 aliphatic rings. The molecular weight excluding hydrogens is 328 g/mol. The molecule has 2 heteroatoms. The molecule has 0 heterocycles. The van der Waals surface area contributed by atoms with Crippen LogP contribution in [0.3, 0.4) is 0 Å². The fourth-order valence-corrected chi connectivity index (χ4v) is 3.97. The lowest BCUT2D eigenvalue weighted by molar-refractivity contribution is 0.448. The molecule has 4 N–H and O–H groups in total. The van der Waals surface area contributed by atoms with Crippen LogP contribution in [0.25, 0.3) is 0 Å². The average Bonchev–Trinajstić information content (AvgIpc) is 2.67. The van der Waals surface area contributed by atoms with Gasteiger partial charge in [0.1, 0.15) is 0 Å². The van der Waals surface area contributed by atoms with Crippen LogP contribution in [0.1, 0.15) is 149 Å². The second-order valence-corrected chi connectivity index (χ2v) is 8.98. The fraction of sp³-hybridized carbons (Fsp3) is 1.00. The Balaban J connectivity index is 3.29. The molecule has 0 radical (unpaired) electrons. The van der Waals surface area contributed by atoms with E-state index in [1.54, 1.807) is 0 Å². The molecule has 0 aliphatic carbocycles. The van der Waals surface area contributed by atoms with Crippen molar-refractivity contribution < 1.29 is 0 Å². The van der Waals surface area contributed by atoms with Crippen LogP contribution in [-0.4, -0.2) is 12.1 Å². The zero-order chi connectivity index (χ0) is 20.0. The molecule has 0 aromatic carbocycles. The predicted octanol–water partition coefficient (Wildman–Crippen LogP) is 7.87. The summed E-state index contributed by atoms with van der Waals surface area (Å²) in [5.41, 5.74) is 12.6. The Kier molecular flexibility index (Phi) is 22.1. The van der Waals surface area contributed by atoms with Crippen LogP contribution in [0.5, 0.6) is 0 Å². The first-order valence-electron chi connectivity index (χ1n) is 12.7. The largest absolute Gasteiger partial charge is 0.328 e. The van der Waals surface area contributed by atoms with Crippen LogP contribution in [0, 0.1) is 0 Å². The van der Waals surface area contributed by atoms with E-state index >= 15 is 0 Å². The first-order chi connectivity index (χ1) is 13.2. The Hall–Kier alpha value is -0.0800. The summed E-state index contributed by atoms with van der Waals surface area (Å²) in [4.78, 5) is 0. The van der Waals surface area contributed by atoms with E-state index in [0.717, 1.165) is 12.8 Å². The van der Waals surface area contributed by atoms with Crippen LogP contribution < -0.4 is 11.5 Å². The van der Waals surface area contributed by atoms with Crippen molar-refractivity contribution in [1.82, 2.24) is 0 Å². The third-order valence-corrected chi connectivity index (χ3v) is 6.02. The molecule has 0 amide bonds. The van der Waals surface area contributed by atoms with Crippen LogP contribution in [-0.2, 0) is 0 Å². The zero-order valence-corrected chi connectivity index (χ0v) is 19.2. The summed E-state index contributed by atoms with van der Waals surface area (Å²) in [5.74, 6) is 0. The van der Waals surface area contributed by atoms with Crippen LogP contribution in [0.2, 0.25) is 0 Å². The predicted molar refractivity (Wildman–Crippen MR) is 124 cm³/mol. The van der Waals surface area contributed by atoms with Crippen molar-refractivity contribution >= 4 is 0 Å². The van der Waals surface area contributed by atoms with Crippen molar-refractivity contribution in [3.8, 4) is 0 Å². The number of hydrogen-bond acceptors (Lipinski definition) is 2. The maximum absolute atomic E-state index is 6.30. The highest BCUT2D eigenvalue weighted by Gasteiger charge is 2.07. The molecule has 0 saturated carbocycles. The first-order valence-corrected chi connectivity index (χ1v) is 12.7. The lowest BCUT2D eigenvalue weighted by Crippen LogP contribution is -2.26. The fourth-order valence-electron chi connectivity index (χ4n) is 3.97. The van der Waals surface area contributed by atoms with Gasteiger partial charge in [0.15, 0.2) is 0 Å². The number of rotatable bonds is 22. The summed E-state index contributed by atoms with van der Waals surface area (Å²) < 4.78 is 0. The second-order valence-electron chi connectivity index (χ2n) is 8.98. The van der Waals surface area contributed by atoms with Gasteiger partial charge in [-0.2, -0.15) is 0 Å². The highest BCUT2D eigenvalue weighted by molar-refractivity contribution is 4.68. The van der Waals surface area contributed by atoms with Crippen molar-refractivity contribution in [3.05, 3.63) is 0 Å². The first kappa shape index (κ1) is 26.9. The summed E-state index contributed by atoms with van der Waals surface area (Å²) in [6.45, 7) is 4.56. The van der Waals surface area contributed by atoms with E-state index in [-0.39, 0.29) is 0 Å². The highest BCUT2D eigenvalue weighted by atomic mass is 14.7. The van der Waals surface area contributed by atoms with Crippen LogP contribution in [0.4, 0.5) is 0 Å². The Morgan fingerprint density at radius 3 is 0.926 bits per heavy atom. The smallest absolute Gasteiger partial charge is 0.00394 e. The van der Waals surface area contributed by atoms with Crippen molar-refractivity contribution in [2.45, 2.75) is 161 Å². The molecule has 0 bridgehead atoms. The second kappa shape index (κ2) is 22.2. The molecule has 0 spiro atoms. The van der Waals surface area contributed by atoms with Gasteiger partial charge in [-0.1, -0.05) is 123 Å². The van der Waals surface area contributed by atoms with Gasteiger partial charge in [0.05, 0.1) is 0 Å². The van der Waals surface area contributed by atoms with Crippen molar-refractivity contribution in [2.75, 3.05) is 0 Å². The van der Waals surface area contributed by atoms with E-state index in [1.807, 2.05) is 0 Å². The average molecular weight is 383 g/mol. The molecule has 0 aromatic heterocycles. The van der Waals surface area contributed by atoms with Crippen LogP contribution >= 0.6 is 0 Å². The molecule has 0 saturated heterocycles. The standard InChI is InChI=1S/C25H54N2/c1-3-5-7-9-11-12-13-15-17-19-21-25(27)23-22-24(26)20-18-16-14-10-8-6-4-2/h24-25H,3-23,26-27H2,1-2H3. The number of nitrogens with two attached hydrogens (primary N) is 2. The monoisotopic (exact) mass is 382 g/mol. The SMILES string of the molecule is CCCCCCCCCCCCC(N)CCC(N)CCCCCCCCC. The van der Waals surface area contributed by atoms with Gasteiger partial charge in [0.25, 0.3) is 0 Å². The van der Waals surface area contributed by atoms with Crippen molar-refractivity contribution in [1.29, 1.82) is 0 Å². The minimum Gasteiger partial charge on any atom is -0.328 e. The number of hydrogen-bond donors (Lipinski definition) is 2. The summed E-state index contributed by atoms with van der Waals surface area (Å²) in [5, 5.41) is 0. The van der Waals surface area contributed by atoms with E-state index in [9.17, 15) is 0 Å². The van der Waals surface area contributed by atoms with E-state index < -0.39 is 0 Å². The molecular formula is C25H54N2.